The molecule has 66 valence electrons. The van der Waals surface area contributed by atoms with Crippen molar-refractivity contribution in [2.24, 2.45) is 0 Å². The van der Waals surface area contributed by atoms with E-state index in [1.165, 1.54) is 0 Å². The van der Waals surface area contributed by atoms with E-state index in [2.05, 4.69) is 26.1 Å². The summed E-state index contributed by atoms with van der Waals surface area (Å²) < 4.78 is 0. The monoisotopic (exact) mass is 157 g/mol. The smallest absolute Gasteiger partial charge is 0.146 e. The van der Waals surface area contributed by atoms with Crippen LogP contribution in [-0.2, 0) is 4.79 Å². The lowest BCUT2D eigenvalue weighted by Crippen LogP contribution is -2.39. The lowest BCUT2D eigenvalue weighted by atomic mass is 10.1. The van der Waals surface area contributed by atoms with Crippen molar-refractivity contribution in [3.63, 3.8) is 0 Å². The van der Waals surface area contributed by atoms with Crippen LogP contribution in [-0.4, -0.2) is 17.9 Å². The van der Waals surface area contributed by atoms with Crippen molar-refractivity contribution in [1.82, 2.24) is 5.32 Å². The van der Waals surface area contributed by atoms with Crippen molar-refractivity contribution in [1.29, 1.82) is 0 Å². The quantitative estimate of drug-likeness (QED) is 0.673. The topological polar surface area (TPSA) is 29.1 Å². The zero-order valence-corrected chi connectivity index (χ0v) is 8.03. The molecule has 0 atom stereocenters. The van der Waals surface area contributed by atoms with E-state index in [9.17, 15) is 4.79 Å². The van der Waals surface area contributed by atoms with Gasteiger partial charge in [-0.3, -0.25) is 4.79 Å². The number of ketones is 1. The van der Waals surface area contributed by atoms with Gasteiger partial charge in [0.1, 0.15) is 5.78 Å². The Morgan fingerprint density at radius 1 is 1.36 bits per heavy atom. The Morgan fingerprint density at radius 3 is 2.27 bits per heavy atom. The van der Waals surface area contributed by atoms with Gasteiger partial charge in [0, 0.05) is 12.0 Å². The van der Waals surface area contributed by atoms with Crippen LogP contribution in [0.5, 0.6) is 0 Å². The highest BCUT2D eigenvalue weighted by Gasteiger charge is 2.10. The number of hydrogen-bond donors (Lipinski definition) is 1. The zero-order valence-electron chi connectivity index (χ0n) is 8.03. The fourth-order valence-corrected chi connectivity index (χ4v) is 0.731. The third-order valence-electron chi connectivity index (χ3n) is 1.34. The molecule has 0 saturated heterocycles. The van der Waals surface area contributed by atoms with Crippen LogP contribution in [0.25, 0.3) is 0 Å². The van der Waals surface area contributed by atoms with Crippen molar-refractivity contribution in [2.45, 2.75) is 46.1 Å². The van der Waals surface area contributed by atoms with Gasteiger partial charge in [-0.2, -0.15) is 0 Å². The molecule has 0 unspecified atom stereocenters. The van der Waals surface area contributed by atoms with E-state index in [1.807, 2.05) is 6.92 Å². The van der Waals surface area contributed by atoms with E-state index in [4.69, 9.17) is 0 Å². The van der Waals surface area contributed by atoms with Crippen LogP contribution < -0.4 is 5.32 Å². The number of carbonyl (C=O) groups excluding carboxylic acids is 1. The summed E-state index contributed by atoms with van der Waals surface area (Å²) >= 11 is 0. The Morgan fingerprint density at radius 2 is 1.91 bits per heavy atom. The summed E-state index contributed by atoms with van der Waals surface area (Å²) in [6, 6.07) is 0. The maximum absolute atomic E-state index is 11.0. The van der Waals surface area contributed by atoms with Gasteiger partial charge in [-0.15, -0.1) is 0 Å². The van der Waals surface area contributed by atoms with Crippen molar-refractivity contribution in [3.05, 3.63) is 0 Å². The van der Waals surface area contributed by atoms with Crippen LogP contribution in [0.1, 0.15) is 40.5 Å². The second-order valence-electron chi connectivity index (χ2n) is 3.89. The molecule has 2 heteroatoms. The summed E-state index contributed by atoms with van der Waals surface area (Å²) in [5, 5.41) is 3.16. The fourth-order valence-electron chi connectivity index (χ4n) is 0.731. The largest absolute Gasteiger partial charge is 0.305 e. The summed E-state index contributed by atoms with van der Waals surface area (Å²) in [4.78, 5) is 11.0. The Kier molecular flexibility index (Phi) is 4.34. The van der Waals surface area contributed by atoms with E-state index >= 15 is 0 Å². The molecule has 0 radical (unpaired) electrons. The SMILES string of the molecule is CCCC(=O)CNC(C)(C)C. The Labute approximate surface area is 69.4 Å². The average Bonchev–Trinajstić information content (AvgIpc) is 1.83. The van der Waals surface area contributed by atoms with Gasteiger partial charge in [0.15, 0.2) is 0 Å². The maximum Gasteiger partial charge on any atom is 0.146 e. The van der Waals surface area contributed by atoms with Crippen LogP contribution in [0.3, 0.4) is 0 Å². The first-order valence-electron chi connectivity index (χ1n) is 4.22. The molecule has 0 saturated carbocycles. The molecule has 0 aromatic carbocycles. The number of Topliss-reactive ketones (excluding diaryl/α,β-unsaturated/α-hetero) is 1. The fraction of sp³-hybridized carbons (Fsp3) is 0.889. The normalized spacial score (nSPS) is 11.6. The highest BCUT2D eigenvalue weighted by molar-refractivity contribution is 5.80. The van der Waals surface area contributed by atoms with Crippen LogP contribution in [0.4, 0.5) is 0 Å². The van der Waals surface area contributed by atoms with Crippen LogP contribution in [0, 0.1) is 0 Å². The maximum atomic E-state index is 11.0. The Bertz CT molecular complexity index is 124. The van der Waals surface area contributed by atoms with E-state index in [1.54, 1.807) is 0 Å². The Balaban J connectivity index is 3.46. The van der Waals surface area contributed by atoms with Gasteiger partial charge in [-0.25, -0.2) is 0 Å². The van der Waals surface area contributed by atoms with Gasteiger partial charge < -0.3 is 5.32 Å². The van der Waals surface area contributed by atoms with Crippen LogP contribution in [0.15, 0.2) is 0 Å². The van der Waals surface area contributed by atoms with E-state index in [-0.39, 0.29) is 5.54 Å². The first-order chi connectivity index (χ1) is 4.95. The summed E-state index contributed by atoms with van der Waals surface area (Å²) in [7, 11) is 0. The van der Waals surface area contributed by atoms with Gasteiger partial charge in [0.05, 0.1) is 6.54 Å². The van der Waals surface area contributed by atoms with Gasteiger partial charge in [0.2, 0.25) is 0 Å². The second-order valence-corrected chi connectivity index (χ2v) is 3.89. The molecule has 0 spiro atoms. The number of rotatable bonds is 4. The summed E-state index contributed by atoms with van der Waals surface area (Å²) in [5.41, 5.74) is 0.0589. The summed E-state index contributed by atoms with van der Waals surface area (Å²) in [5.74, 6) is 0.308. The summed E-state index contributed by atoms with van der Waals surface area (Å²) in [6.07, 6.45) is 1.65. The van der Waals surface area contributed by atoms with Crippen LogP contribution in [0.2, 0.25) is 0 Å². The molecular weight excluding hydrogens is 138 g/mol. The first kappa shape index (κ1) is 10.6. The van der Waals surface area contributed by atoms with Crippen molar-refractivity contribution < 1.29 is 4.79 Å². The molecule has 2 nitrogen and oxygen atoms in total. The van der Waals surface area contributed by atoms with Crippen LogP contribution >= 0.6 is 0 Å². The molecular formula is C9H19NO. The molecule has 0 aromatic heterocycles. The minimum Gasteiger partial charge on any atom is -0.305 e. The van der Waals surface area contributed by atoms with E-state index in [0.717, 1.165) is 6.42 Å². The standard InChI is InChI=1S/C9H19NO/c1-5-6-8(11)7-10-9(2,3)4/h10H,5-7H2,1-4H3. The van der Waals surface area contributed by atoms with E-state index < -0.39 is 0 Å². The van der Waals surface area contributed by atoms with Gasteiger partial charge in [-0.1, -0.05) is 6.92 Å². The predicted molar refractivity (Wildman–Crippen MR) is 47.7 cm³/mol. The van der Waals surface area contributed by atoms with Gasteiger partial charge in [-0.05, 0) is 27.2 Å². The van der Waals surface area contributed by atoms with Gasteiger partial charge >= 0.3 is 0 Å². The predicted octanol–water partition coefficient (Wildman–Crippen LogP) is 1.74. The lowest BCUT2D eigenvalue weighted by Gasteiger charge is -2.19. The highest BCUT2D eigenvalue weighted by Crippen LogP contribution is 1.98. The lowest BCUT2D eigenvalue weighted by molar-refractivity contribution is -0.118. The first-order valence-corrected chi connectivity index (χ1v) is 4.22. The molecule has 0 fully saturated rings. The highest BCUT2D eigenvalue weighted by atomic mass is 16.1. The third-order valence-corrected chi connectivity index (χ3v) is 1.34. The molecule has 0 aromatic rings. The molecule has 0 amide bonds. The van der Waals surface area contributed by atoms with Crippen molar-refractivity contribution in [2.75, 3.05) is 6.54 Å². The van der Waals surface area contributed by atoms with Crippen molar-refractivity contribution in [3.8, 4) is 0 Å². The van der Waals surface area contributed by atoms with E-state index in [0.29, 0.717) is 18.7 Å². The molecule has 0 rings (SSSR count). The van der Waals surface area contributed by atoms with Gasteiger partial charge in [0.25, 0.3) is 0 Å². The number of carbonyl (C=O) groups is 1. The summed E-state index contributed by atoms with van der Waals surface area (Å²) in [6.45, 7) is 8.72. The average molecular weight is 157 g/mol. The molecule has 0 aliphatic rings. The minimum atomic E-state index is 0.0589. The Hall–Kier alpha value is -0.370. The molecule has 0 aliphatic carbocycles. The second kappa shape index (κ2) is 4.50. The zero-order chi connectivity index (χ0) is 8.91. The van der Waals surface area contributed by atoms with Crippen molar-refractivity contribution >= 4 is 5.78 Å². The number of nitrogens with one attached hydrogen (secondary N) is 1. The third kappa shape index (κ3) is 7.53. The minimum absolute atomic E-state index is 0.0589. The number of hydrogen-bond acceptors (Lipinski definition) is 2. The molecule has 1 N–H and O–H groups in total. The molecule has 0 aliphatic heterocycles. The molecule has 0 heterocycles. The molecule has 0 bridgehead atoms. The molecule has 11 heavy (non-hydrogen) atoms.